The van der Waals surface area contributed by atoms with Gasteiger partial charge in [-0.3, -0.25) is 19.8 Å². The van der Waals surface area contributed by atoms with Gasteiger partial charge in [-0.2, -0.15) is 0 Å². The maximum atomic E-state index is 12.3. The zero-order chi connectivity index (χ0) is 18.5. The van der Waals surface area contributed by atoms with Gasteiger partial charge in [0.05, 0.1) is 0 Å². The zero-order valence-corrected chi connectivity index (χ0v) is 14.8. The van der Waals surface area contributed by atoms with E-state index in [4.69, 9.17) is 0 Å². The summed E-state index contributed by atoms with van der Waals surface area (Å²) in [6.45, 7) is 6.82. The summed E-state index contributed by atoms with van der Waals surface area (Å²) in [5.74, 6) is -1.09. The molecule has 24 heavy (non-hydrogen) atoms. The number of benzene rings is 1. The van der Waals surface area contributed by atoms with Crippen molar-refractivity contribution in [2.24, 2.45) is 5.41 Å². The second-order valence-corrected chi connectivity index (χ2v) is 6.01. The minimum Gasteiger partial charge on any atom is -0.300 e. The number of imide groups is 2. The highest BCUT2D eigenvalue weighted by molar-refractivity contribution is 6.19. The molecule has 2 rings (SSSR count). The molecule has 0 bridgehead atoms. The number of Topliss-reactive ketones (excluding diaryl/α,β-unsaturated/α-hetero) is 1. The van der Waals surface area contributed by atoms with Gasteiger partial charge in [-0.15, -0.1) is 0 Å². The molecule has 1 fully saturated rings. The van der Waals surface area contributed by atoms with Gasteiger partial charge in [0.25, 0.3) is 0 Å². The lowest BCUT2D eigenvalue weighted by atomic mass is 9.72. The van der Waals surface area contributed by atoms with Crippen LogP contribution in [-0.2, 0) is 14.4 Å². The molecule has 1 aliphatic rings. The molecule has 6 heteroatoms. The van der Waals surface area contributed by atoms with Crippen LogP contribution >= 0.6 is 0 Å². The summed E-state index contributed by atoms with van der Waals surface area (Å²) in [5, 5.41) is 2.23. The first-order valence-corrected chi connectivity index (χ1v) is 7.84. The van der Waals surface area contributed by atoms with Crippen LogP contribution in [0.5, 0.6) is 0 Å². The Morgan fingerprint density at radius 3 is 2.17 bits per heavy atom. The fourth-order valence-electron chi connectivity index (χ4n) is 2.31. The number of ketones is 1. The van der Waals surface area contributed by atoms with E-state index >= 15 is 0 Å². The molecule has 1 heterocycles. The Morgan fingerprint density at radius 1 is 1.21 bits per heavy atom. The first-order chi connectivity index (χ1) is 11.2. The van der Waals surface area contributed by atoms with E-state index in [-0.39, 0.29) is 11.7 Å². The minimum atomic E-state index is -1.27. The average molecular weight is 332 g/mol. The molecular formula is C18H24N2O4. The Hall–Kier alpha value is -2.50. The lowest BCUT2D eigenvalue weighted by molar-refractivity contribution is -0.150. The van der Waals surface area contributed by atoms with Crippen LogP contribution in [0.3, 0.4) is 0 Å². The molecule has 0 aliphatic carbocycles. The minimum absolute atomic E-state index is 0.255. The van der Waals surface area contributed by atoms with E-state index in [1.54, 1.807) is 13.8 Å². The third-order valence-corrected chi connectivity index (χ3v) is 4.41. The smallest absolute Gasteiger partial charge is 0.300 e. The maximum Gasteiger partial charge on any atom is 0.330 e. The number of rotatable bonds is 3. The molecular weight excluding hydrogens is 308 g/mol. The Bertz CT molecular complexity index is 642. The SMILES string of the molecule is CC(c1ccccc1)C1(C)C(=O)NC(=O)N(C)C1=O.CCC(C)=O. The van der Waals surface area contributed by atoms with Gasteiger partial charge in [0.1, 0.15) is 11.2 Å². The number of nitrogens with zero attached hydrogens (tertiary/aromatic N) is 1. The van der Waals surface area contributed by atoms with Crippen molar-refractivity contribution in [1.29, 1.82) is 0 Å². The Kier molecular flexibility index (Phi) is 6.40. The van der Waals surface area contributed by atoms with Gasteiger partial charge in [-0.1, -0.05) is 44.2 Å². The molecule has 0 saturated carbocycles. The third kappa shape index (κ3) is 3.88. The Labute approximate surface area is 142 Å². The summed E-state index contributed by atoms with van der Waals surface area (Å²) in [5.41, 5.74) is -0.388. The molecule has 1 aromatic carbocycles. The molecule has 130 valence electrons. The standard InChI is InChI=1S/C14H16N2O3.C4H8O/c1-9(10-7-5-4-6-8-10)14(2)11(17)15-13(19)16(3)12(14)18;1-3-4(2)5/h4-9H,1-3H3,(H,15,17,19);3H2,1-2H3. The zero-order valence-electron chi connectivity index (χ0n) is 14.8. The van der Waals surface area contributed by atoms with E-state index in [9.17, 15) is 19.2 Å². The van der Waals surface area contributed by atoms with Crippen LogP contribution in [0.25, 0.3) is 0 Å². The number of urea groups is 1. The summed E-state index contributed by atoms with van der Waals surface area (Å²) in [7, 11) is 1.38. The van der Waals surface area contributed by atoms with Crippen LogP contribution < -0.4 is 5.32 Å². The molecule has 1 aliphatic heterocycles. The summed E-state index contributed by atoms with van der Waals surface area (Å²) in [6.07, 6.45) is 0.667. The number of nitrogens with one attached hydrogen (secondary N) is 1. The van der Waals surface area contributed by atoms with Crippen molar-refractivity contribution in [3.8, 4) is 0 Å². The second-order valence-electron chi connectivity index (χ2n) is 6.01. The van der Waals surface area contributed by atoms with Crippen LogP contribution in [0.15, 0.2) is 30.3 Å². The summed E-state index contributed by atoms with van der Waals surface area (Å²) in [4.78, 5) is 46.7. The van der Waals surface area contributed by atoms with Crippen LogP contribution in [-0.4, -0.2) is 35.6 Å². The summed E-state index contributed by atoms with van der Waals surface area (Å²) >= 11 is 0. The Balaban J connectivity index is 0.000000505. The van der Waals surface area contributed by atoms with Crippen LogP contribution in [0.4, 0.5) is 4.79 Å². The maximum absolute atomic E-state index is 12.3. The van der Waals surface area contributed by atoms with E-state index in [2.05, 4.69) is 5.32 Å². The number of barbiturate groups is 1. The van der Waals surface area contributed by atoms with E-state index < -0.39 is 23.3 Å². The van der Waals surface area contributed by atoms with Gasteiger partial charge in [0, 0.05) is 19.4 Å². The highest BCUT2D eigenvalue weighted by Crippen LogP contribution is 2.39. The average Bonchev–Trinajstić information content (AvgIpc) is 2.58. The Morgan fingerprint density at radius 2 is 1.71 bits per heavy atom. The molecule has 1 aromatic rings. The largest absolute Gasteiger partial charge is 0.330 e. The highest BCUT2D eigenvalue weighted by atomic mass is 16.2. The topological polar surface area (TPSA) is 83.6 Å². The van der Waals surface area contributed by atoms with Gasteiger partial charge in [-0.05, 0) is 19.4 Å². The van der Waals surface area contributed by atoms with Crippen molar-refractivity contribution in [1.82, 2.24) is 10.2 Å². The van der Waals surface area contributed by atoms with E-state index in [1.165, 1.54) is 7.05 Å². The normalized spacial score (nSPS) is 21.5. The molecule has 6 nitrogen and oxygen atoms in total. The van der Waals surface area contributed by atoms with E-state index in [1.807, 2.05) is 44.2 Å². The molecule has 0 spiro atoms. The molecule has 0 aromatic heterocycles. The van der Waals surface area contributed by atoms with E-state index in [0.717, 1.165) is 10.5 Å². The molecule has 1 saturated heterocycles. The van der Waals surface area contributed by atoms with Crippen molar-refractivity contribution in [3.63, 3.8) is 0 Å². The van der Waals surface area contributed by atoms with Crippen LogP contribution in [0.1, 0.15) is 45.6 Å². The quantitative estimate of drug-likeness (QED) is 0.862. The molecule has 0 radical (unpaired) electrons. The predicted molar refractivity (Wildman–Crippen MR) is 90.2 cm³/mol. The van der Waals surface area contributed by atoms with Gasteiger partial charge >= 0.3 is 6.03 Å². The van der Waals surface area contributed by atoms with Crippen molar-refractivity contribution < 1.29 is 19.2 Å². The predicted octanol–water partition coefficient (Wildman–Crippen LogP) is 2.49. The molecule has 4 amide bonds. The summed E-state index contributed by atoms with van der Waals surface area (Å²) in [6, 6.07) is 8.65. The van der Waals surface area contributed by atoms with Crippen molar-refractivity contribution >= 4 is 23.6 Å². The van der Waals surface area contributed by atoms with Crippen LogP contribution in [0.2, 0.25) is 0 Å². The van der Waals surface area contributed by atoms with Crippen molar-refractivity contribution in [3.05, 3.63) is 35.9 Å². The van der Waals surface area contributed by atoms with Crippen molar-refractivity contribution in [2.75, 3.05) is 7.05 Å². The van der Waals surface area contributed by atoms with Gasteiger partial charge < -0.3 is 4.79 Å². The number of hydrogen-bond donors (Lipinski definition) is 1. The van der Waals surface area contributed by atoms with E-state index in [0.29, 0.717) is 6.42 Å². The van der Waals surface area contributed by atoms with Crippen LogP contribution in [0, 0.1) is 5.41 Å². The van der Waals surface area contributed by atoms with Crippen molar-refractivity contribution in [2.45, 2.75) is 40.0 Å². The first-order valence-electron chi connectivity index (χ1n) is 7.84. The number of hydrogen-bond acceptors (Lipinski definition) is 4. The number of amides is 4. The number of carbonyl (C=O) groups excluding carboxylic acids is 4. The molecule has 1 N–H and O–H groups in total. The molecule has 2 atom stereocenters. The lowest BCUT2D eigenvalue weighted by Crippen LogP contribution is -2.63. The summed E-state index contributed by atoms with van der Waals surface area (Å²) < 4.78 is 0. The monoisotopic (exact) mass is 332 g/mol. The highest BCUT2D eigenvalue weighted by Gasteiger charge is 2.52. The molecule has 2 unspecified atom stereocenters. The fraction of sp³-hybridized carbons (Fsp3) is 0.444. The first kappa shape index (κ1) is 19.5. The third-order valence-electron chi connectivity index (χ3n) is 4.41. The van der Waals surface area contributed by atoms with Gasteiger partial charge in [0.15, 0.2) is 0 Å². The van der Waals surface area contributed by atoms with Gasteiger partial charge in [-0.25, -0.2) is 4.79 Å². The fourth-order valence-corrected chi connectivity index (χ4v) is 2.31. The number of carbonyl (C=O) groups is 4. The second kappa shape index (κ2) is 7.86. The van der Waals surface area contributed by atoms with Gasteiger partial charge in [0.2, 0.25) is 11.8 Å². The lowest BCUT2D eigenvalue weighted by Gasteiger charge is -2.39.